The summed E-state index contributed by atoms with van der Waals surface area (Å²) in [7, 11) is 0. The van der Waals surface area contributed by atoms with Crippen molar-refractivity contribution in [3.63, 3.8) is 0 Å². The van der Waals surface area contributed by atoms with Gasteiger partial charge in [0.2, 0.25) is 0 Å². The van der Waals surface area contributed by atoms with Gasteiger partial charge in [-0.3, -0.25) is 0 Å². The smallest absolute Gasteiger partial charge is 0.146 e. The molecule has 1 aromatic carbocycles. The quantitative estimate of drug-likeness (QED) is 0.678. The molecule has 0 aliphatic carbocycles. The molecule has 0 amide bonds. The fourth-order valence-corrected chi connectivity index (χ4v) is 1.51. The number of nitriles is 1. The van der Waals surface area contributed by atoms with Gasteiger partial charge in [0.05, 0.1) is 11.1 Å². The first-order chi connectivity index (χ1) is 9.13. The lowest BCUT2D eigenvalue weighted by molar-refractivity contribution is 0.563. The summed E-state index contributed by atoms with van der Waals surface area (Å²) in [5.74, 6) is 3.64. The van der Waals surface area contributed by atoms with Gasteiger partial charge in [0.15, 0.2) is 0 Å². The predicted octanol–water partition coefficient (Wildman–Crippen LogP) is 2.94. The van der Waals surface area contributed by atoms with Crippen LogP contribution in [0.5, 0.6) is 0 Å². The highest BCUT2D eigenvalue weighted by molar-refractivity contribution is 5.48. The monoisotopic (exact) mass is 254 g/mol. The second kappa shape index (κ2) is 5.29. The van der Waals surface area contributed by atoms with Crippen LogP contribution in [-0.2, 0) is 0 Å². The van der Waals surface area contributed by atoms with Gasteiger partial charge in [0, 0.05) is 11.8 Å². The molecule has 0 atom stereocenters. The zero-order valence-corrected chi connectivity index (χ0v) is 10.0. The topological polar surface area (TPSA) is 36.7 Å². The third-order valence-electron chi connectivity index (χ3n) is 2.53. The molecular weight excluding hydrogens is 246 g/mol. The Bertz CT molecular complexity index is 720. The number of nitrogens with zero attached hydrogens (tertiary/aromatic N) is 2. The maximum atomic E-state index is 13.8. The summed E-state index contributed by atoms with van der Waals surface area (Å²) in [4.78, 5) is 3.97. The molecule has 0 fully saturated rings. The van der Waals surface area contributed by atoms with Crippen LogP contribution in [0, 0.1) is 41.7 Å². The van der Waals surface area contributed by atoms with Crippen molar-refractivity contribution in [1.29, 1.82) is 5.26 Å². The van der Waals surface area contributed by atoms with E-state index in [1.54, 1.807) is 30.5 Å². The van der Waals surface area contributed by atoms with Crippen molar-refractivity contribution in [2.45, 2.75) is 6.92 Å². The van der Waals surface area contributed by atoms with Crippen LogP contribution >= 0.6 is 0 Å². The Labute approximate surface area is 109 Å². The van der Waals surface area contributed by atoms with Gasteiger partial charge in [0.1, 0.15) is 23.4 Å². The molecule has 92 valence electrons. The van der Waals surface area contributed by atoms with E-state index in [-0.39, 0.29) is 16.7 Å². The summed E-state index contributed by atoms with van der Waals surface area (Å²) in [5.41, 5.74) is 0.0390. The van der Waals surface area contributed by atoms with E-state index in [4.69, 9.17) is 5.26 Å². The van der Waals surface area contributed by atoms with Crippen LogP contribution in [0.4, 0.5) is 8.78 Å². The molecular formula is C15H8F2N2. The fourth-order valence-electron chi connectivity index (χ4n) is 1.51. The first kappa shape index (κ1) is 12.7. The van der Waals surface area contributed by atoms with E-state index in [0.29, 0.717) is 5.69 Å². The highest BCUT2D eigenvalue weighted by Crippen LogP contribution is 2.19. The average Bonchev–Trinajstić information content (AvgIpc) is 2.45. The Kier molecular flexibility index (Phi) is 3.54. The van der Waals surface area contributed by atoms with Crippen LogP contribution in [0.2, 0.25) is 0 Å². The number of aromatic nitrogens is 1. The van der Waals surface area contributed by atoms with E-state index in [0.717, 1.165) is 6.07 Å². The lowest BCUT2D eigenvalue weighted by atomic mass is 10.1. The molecule has 1 aromatic heterocycles. The third kappa shape index (κ3) is 2.59. The van der Waals surface area contributed by atoms with Gasteiger partial charge in [-0.05, 0) is 31.0 Å². The largest absolute Gasteiger partial charge is 0.248 e. The SMILES string of the molecule is Cc1c(F)c(C#N)cc(C#Cc2ccccn2)c1F. The Hall–Kier alpha value is -2.72. The van der Waals surface area contributed by atoms with E-state index in [1.807, 2.05) is 0 Å². The predicted molar refractivity (Wildman–Crippen MR) is 66.0 cm³/mol. The average molecular weight is 254 g/mol. The van der Waals surface area contributed by atoms with Crippen LogP contribution in [0.15, 0.2) is 30.5 Å². The highest BCUT2D eigenvalue weighted by Gasteiger charge is 2.13. The maximum Gasteiger partial charge on any atom is 0.146 e. The van der Waals surface area contributed by atoms with Crippen LogP contribution in [0.25, 0.3) is 0 Å². The van der Waals surface area contributed by atoms with Crippen molar-refractivity contribution in [1.82, 2.24) is 4.98 Å². The number of hydrogen-bond acceptors (Lipinski definition) is 2. The minimum Gasteiger partial charge on any atom is -0.248 e. The standard InChI is InChI=1S/C15H8F2N2/c1-10-14(16)11(8-12(9-18)15(10)17)5-6-13-4-2-3-7-19-13/h2-4,7-8H,1H3. The molecule has 0 saturated heterocycles. The van der Waals surface area contributed by atoms with Gasteiger partial charge in [-0.2, -0.15) is 5.26 Å². The molecule has 1 heterocycles. The minimum absolute atomic E-state index is 0.0129. The van der Waals surface area contributed by atoms with Gasteiger partial charge in [-0.25, -0.2) is 13.8 Å². The molecule has 2 nitrogen and oxygen atoms in total. The van der Waals surface area contributed by atoms with Crippen molar-refractivity contribution in [2.24, 2.45) is 0 Å². The Morgan fingerprint density at radius 2 is 1.84 bits per heavy atom. The molecule has 0 aliphatic heterocycles. The summed E-state index contributed by atoms with van der Waals surface area (Å²) in [6.45, 7) is 1.28. The number of rotatable bonds is 0. The number of halogens is 2. The summed E-state index contributed by atoms with van der Waals surface area (Å²) in [6.07, 6.45) is 1.57. The molecule has 4 heteroatoms. The number of hydrogen-bond donors (Lipinski definition) is 0. The summed E-state index contributed by atoms with van der Waals surface area (Å²) < 4.78 is 27.3. The second-order valence-corrected chi connectivity index (χ2v) is 3.80. The van der Waals surface area contributed by atoms with Gasteiger partial charge in [0.25, 0.3) is 0 Å². The Morgan fingerprint density at radius 3 is 2.47 bits per heavy atom. The van der Waals surface area contributed by atoms with Crippen molar-refractivity contribution in [2.75, 3.05) is 0 Å². The molecule has 0 bridgehead atoms. The van der Waals surface area contributed by atoms with Crippen molar-refractivity contribution in [3.8, 4) is 17.9 Å². The minimum atomic E-state index is -0.844. The van der Waals surface area contributed by atoms with Crippen LogP contribution < -0.4 is 0 Å². The summed E-state index contributed by atoms with van der Waals surface area (Å²) >= 11 is 0. The molecule has 2 rings (SSSR count). The molecule has 2 aromatic rings. The first-order valence-electron chi connectivity index (χ1n) is 5.45. The molecule has 0 unspecified atom stereocenters. The molecule has 0 radical (unpaired) electrons. The van der Waals surface area contributed by atoms with E-state index in [9.17, 15) is 8.78 Å². The lowest BCUT2D eigenvalue weighted by Crippen LogP contribution is -1.97. The van der Waals surface area contributed by atoms with Crippen molar-refractivity contribution in [3.05, 3.63) is 64.5 Å². The Morgan fingerprint density at radius 1 is 1.11 bits per heavy atom. The normalized spacial score (nSPS) is 9.37. The Balaban J connectivity index is 2.51. The fraction of sp³-hybridized carbons (Fsp3) is 0.0667. The van der Waals surface area contributed by atoms with E-state index in [1.165, 1.54) is 6.92 Å². The maximum absolute atomic E-state index is 13.8. The first-order valence-corrected chi connectivity index (χ1v) is 5.45. The molecule has 0 aliphatic rings. The van der Waals surface area contributed by atoms with Crippen molar-refractivity contribution < 1.29 is 8.78 Å². The van der Waals surface area contributed by atoms with E-state index in [2.05, 4.69) is 16.8 Å². The number of benzene rings is 1. The molecule has 0 saturated carbocycles. The summed E-state index contributed by atoms with van der Waals surface area (Å²) in [6, 6.07) is 7.95. The van der Waals surface area contributed by atoms with E-state index >= 15 is 0 Å². The van der Waals surface area contributed by atoms with Gasteiger partial charge >= 0.3 is 0 Å². The lowest BCUT2D eigenvalue weighted by Gasteiger charge is -2.02. The van der Waals surface area contributed by atoms with E-state index < -0.39 is 11.6 Å². The summed E-state index contributed by atoms with van der Waals surface area (Å²) in [5, 5.41) is 8.77. The number of pyridine rings is 1. The molecule has 0 N–H and O–H groups in total. The van der Waals surface area contributed by atoms with Crippen LogP contribution in [0.1, 0.15) is 22.4 Å². The van der Waals surface area contributed by atoms with Gasteiger partial charge in [-0.1, -0.05) is 12.0 Å². The molecule has 0 spiro atoms. The van der Waals surface area contributed by atoms with Crippen LogP contribution in [0.3, 0.4) is 0 Å². The highest BCUT2D eigenvalue weighted by atomic mass is 19.1. The van der Waals surface area contributed by atoms with Gasteiger partial charge in [-0.15, -0.1) is 0 Å². The third-order valence-corrected chi connectivity index (χ3v) is 2.53. The van der Waals surface area contributed by atoms with Crippen LogP contribution in [-0.4, -0.2) is 4.98 Å². The van der Waals surface area contributed by atoms with Gasteiger partial charge < -0.3 is 0 Å². The zero-order valence-electron chi connectivity index (χ0n) is 10.0. The second-order valence-electron chi connectivity index (χ2n) is 3.80. The zero-order chi connectivity index (χ0) is 13.8. The molecule has 19 heavy (non-hydrogen) atoms. The van der Waals surface area contributed by atoms with Crippen molar-refractivity contribution >= 4 is 0 Å².